The maximum Gasteiger partial charge on any atom is 0.309 e. The van der Waals surface area contributed by atoms with Crippen LogP contribution in [0.25, 0.3) is 0 Å². The molecule has 6 atom stereocenters. The Balaban J connectivity index is 1.08. The van der Waals surface area contributed by atoms with Crippen molar-refractivity contribution < 1.29 is 19.1 Å². The number of fused-ring (bicyclic) bond motifs is 4. The standard InChI is InChI=1S/C28H38O4/c1-3-11-27-13-9-21(19-27)17-23(27)25(29)31-15-7-5-6-8-16-32-26(30)24-18-22-10-14-28(24,20-22)12-4-2/h3-4,9-10,13-14,21-24H,1-2,5-8,11-12,15-20H2. The second-order valence-electron chi connectivity index (χ2n) is 10.4. The molecule has 0 radical (unpaired) electrons. The van der Waals surface area contributed by atoms with Gasteiger partial charge >= 0.3 is 11.9 Å². The molecule has 0 spiro atoms. The first-order chi connectivity index (χ1) is 15.5. The number of ether oxygens (including phenoxy) is 2. The van der Waals surface area contributed by atoms with E-state index < -0.39 is 0 Å². The molecule has 4 aliphatic rings. The van der Waals surface area contributed by atoms with E-state index in [1.54, 1.807) is 0 Å². The van der Waals surface area contributed by atoms with Crippen LogP contribution in [0.1, 0.15) is 64.2 Å². The lowest BCUT2D eigenvalue weighted by molar-refractivity contribution is -0.152. The number of carbonyl (C=O) groups excluding carboxylic acids is 2. The second kappa shape index (κ2) is 9.80. The van der Waals surface area contributed by atoms with Crippen molar-refractivity contribution in [2.75, 3.05) is 13.2 Å². The van der Waals surface area contributed by atoms with Gasteiger partial charge in [0.15, 0.2) is 0 Å². The Bertz CT molecular complexity index is 729. The number of unbranched alkanes of at least 4 members (excludes halogenated alkanes) is 3. The summed E-state index contributed by atoms with van der Waals surface area (Å²) in [5, 5.41) is 0. The Labute approximate surface area is 192 Å². The minimum Gasteiger partial charge on any atom is -0.465 e. The van der Waals surface area contributed by atoms with Crippen LogP contribution >= 0.6 is 0 Å². The molecule has 0 aromatic heterocycles. The van der Waals surface area contributed by atoms with Gasteiger partial charge in [-0.3, -0.25) is 9.59 Å². The van der Waals surface area contributed by atoms with Crippen molar-refractivity contribution >= 4 is 11.9 Å². The molecule has 0 saturated heterocycles. The Hall–Kier alpha value is -2.10. The molecule has 2 fully saturated rings. The number of esters is 2. The summed E-state index contributed by atoms with van der Waals surface area (Å²) in [6.07, 6.45) is 22.1. The van der Waals surface area contributed by atoms with Crippen LogP contribution in [0.4, 0.5) is 0 Å². The van der Waals surface area contributed by atoms with E-state index in [9.17, 15) is 9.59 Å². The summed E-state index contributed by atoms with van der Waals surface area (Å²) < 4.78 is 11.2. The van der Waals surface area contributed by atoms with Gasteiger partial charge in [-0.05, 0) is 76.0 Å². The van der Waals surface area contributed by atoms with Crippen LogP contribution < -0.4 is 0 Å². The van der Waals surface area contributed by atoms with Crippen molar-refractivity contribution in [2.45, 2.75) is 64.2 Å². The number of rotatable bonds is 13. The monoisotopic (exact) mass is 438 g/mol. The van der Waals surface area contributed by atoms with E-state index in [4.69, 9.17) is 9.47 Å². The van der Waals surface area contributed by atoms with Gasteiger partial charge in [0.05, 0.1) is 25.0 Å². The van der Waals surface area contributed by atoms with Gasteiger partial charge in [0.1, 0.15) is 0 Å². The highest BCUT2D eigenvalue weighted by Crippen LogP contribution is 2.56. The van der Waals surface area contributed by atoms with Crippen LogP contribution in [0.5, 0.6) is 0 Å². The fourth-order valence-electron chi connectivity index (χ4n) is 6.71. The highest BCUT2D eigenvalue weighted by molar-refractivity contribution is 5.75. The van der Waals surface area contributed by atoms with E-state index >= 15 is 0 Å². The molecule has 32 heavy (non-hydrogen) atoms. The third-order valence-corrected chi connectivity index (χ3v) is 8.30. The summed E-state index contributed by atoms with van der Waals surface area (Å²) in [5.74, 6) is 0.941. The summed E-state index contributed by atoms with van der Waals surface area (Å²) in [7, 11) is 0. The van der Waals surface area contributed by atoms with Crippen LogP contribution in [0, 0.1) is 34.5 Å². The first-order valence-corrected chi connectivity index (χ1v) is 12.5. The van der Waals surface area contributed by atoms with E-state index in [2.05, 4.69) is 37.5 Å². The minimum atomic E-state index is -0.0494. The third-order valence-electron chi connectivity index (χ3n) is 8.30. The van der Waals surface area contributed by atoms with Gasteiger partial charge in [0, 0.05) is 10.8 Å². The predicted molar refractivity (Wildman–Crippen MR) is 126 cm³/mol. The average Bonchev–Trinajstić information content (AvgIpc) is 3.54. The molecular formula is C28H38O4. The summed E-state index contributed by atoms with van der Waals surface area (Å²) in [6, 6.07) is 0. The lowest BCUT2D eigenvalue weighted by Gasteiger charge is -2.29. The first kappa shape index (κ1) is 23.1. The molecule has 6 unspecified atom stereocenters. The Morgan fingerprint density at radius 2 is 1.22 bits per heavy atom. The normalized spacial score (nSPS) is 35.9. The average molecular weight is 439 g/mol. The fraction of sp³-hybridized carbons (Fsp3) is 0.643. The van der Waals surface area contributed by atoms with Gasteiger partial charge < -0.3 is 9.47 Å². The summed E-state index contributed by atoms with van der Waals surface area (Å²) in [5.41, 5.74) is -0.0987. The zero-order valence-corrected chi connectivity index (χ0v) is 19.3. The minimum absolute atomic E-state index is 0.0139. The largest absolute Gasteiger partial charge is 0.465 e. The molecule has 0 aliphatic heterocycles. The lowest BCUT2D eigenvalue weighted by atomic mass is 9.75. The first-order valence-electron chi connectivity index (χ1n) is 12.5. The summed E-state index contributed by atoms with van der Waals surface area (Å²) >= 11 is 0. The number of carbonyl (C=O) groups is 2. The van der Waals surface area contributed by atoms with E-state index in [0.717, 1.165) is 64.2 Å². The zero-order valence-electron chi connectivity index (χ0n) is 19.3. The van der Waals surface area contributed by atoms with Crippen LogP contribution in [-0.2, 0) is 19.1 Å². The van der Waals surface area contributed by atoms with Crippen molar-refractivity contribution in [1.82, 2.24) is 0 Å². The van der Waals surface area contributed by atoms with Crippen molar-refractivity contribution in [3.05, 3.63) is 49.6 Å². The smallest absolute Gasteiger partial charge is 0.309 e. The van der Waals surface area contributed by atoms with Gasteiger partial charge in [-0.1, -0.05) is 36.5 Å². The van der Waals surface area contributed by atoms with Crippen LogP contribution in [-0.4, -0.2) is 25.2 Å². The molecule has 0 N–H and O–H groups in total. The quantitative estimate of drug-likeness (QED) is 0.203. The molecule has 0 aromatic rings. The third kappa shape index (κ3) is 4.51. The molecule has 0 heterocycles. The molecule has 4 nitrogen and oxygen atoms in total. The van der Waals surface area contributed by atoms with Crippen LogP contribution in [0.15, 0.2) is 49.6 Å². The Morgan fingerprint density at radius 1 is 0.781 bits per heavy atom. The van der Waals surface area contributed by atoms with Crippen molar-refractivity contribution in [2.24, 2.45) is 34.5 Å². The van der Waals surface area contributed by atoms with E-state index in [0.29, 0.717) is 25.0 Å². The number of hydrogen-bond donors (Lipinski definition) is 0. The zero-order chi connectivity index (χ0) is 22.6. The SMILES string of the molecule is C=CCC12C=CC(CC1C(=O)OCCCCCCOC(=O)C1CC3C=CC1(CC=C)C3)C2. The molecule has 2 saturated carbocycles. The predicted octanol–water partition coefficient (Wildman–Crippen LogP) is 5.95. The van der Waals surface area contributed by atoms with Gasteiger partial charge in [-0.25, -0.2) is 0 Å². The van der Waals surface area contributed by atoms with Gasteiger partial charge in [0.25, 0.3) is 0 Å². The Kier molecular flexibility index (Phi) is 7.07. The fourth-order valence-corrected chi connectivity index (χ4v) is 6.71. The lowest BCUT2D eigenvalue weighted by Crippen LogP contribution is -2.31. The van der Waals surface area contributed by atoms with E-state index in [1.165, 1.54) is 0 Å². The summed E-state index contributed by atoms with van der Waals surface area (Å²) in [6.45, 7) is 8.70. The van der Waals surface area contributed by atoms with Crippen molar-refractivity contribution in [1.29, 1.82) is 0 Å². The molecule has 0 amide bonds. The second-order valence-corrected chi connectivity index (χ2v) is 10.4. The highest BCUT2D eigenvalue weighted by atomic mass is 16.5. The van der Waals surface area contributed by atoms with Gasteiger partial charge in [0.2, 0.25) is 0 Å². The maximum atomic E-state index is 12.6. The van der Waals surface area contributed by atoms with Gasteiger partial charge in [-0.2, -0.15) is 0 Å². The molecule has 4 bridgehead atoms. The van der Waals surface area contributed by atoms with Crippen molar-refractivity contribution in [3.8, 4) is 0 Å². The molecule has 0 aromatic carbocycles. The number of hydrogen-bond acceptors (Lipinski definition) is 4. The van der Waals surface area contributed by atoms with Crippen LogP contribution in [0.2, 0.25) is 0 Å². The Morgan fingerprint density at radius 3 is 1.59 bits per heavy atom. The topological polar surface area (TPSA) is 52.6 Å². The van der Waals surface area contributed by atoms with Crippen LogP contribution in [0.3, 0.4) is 0 Å². The number of allylic oxidation sites excluding steroid dienone is 6. The van der Waals surface area contributed by atoms with Gasteiger partial charge in [-0.15, -0.1) is 13.2 Å². The molecule has 174 valence electrons. The molecular weight excluding hydrogens is 400 g/mol. The van der Waals surface area contributed by atoms with E-state index in [1.807, 2.05) is 12.2 Å². The summed E-state index contributed by atoms with van der Waals surface area (Å²) in [4.78, 5) is 25.2. The highest BCUT2D eigenvalue weighted by Gasteiger charge is 2.52. The molecule has 4 rings (SSSR count). The van der Waals surface area contributed by atoms with Crippen molar-refractivity contribution in [3.63, 3.8) is 0 Å². The maximum absolute atomic E-state index is 12.6. The molecule has 4 heteroatoms. The molecule has 4 aliphatic carbocycles. The van der Waals surface area contributed by atoms with E-state index in [-0.39, 0.29) is 34.6 Å².